The van der Waals surface area contributed by atoms with Crippen LogP contribution in [0.4, 0.5) is 0 Å². The molecule has 5 heteroatoms. The standard InChI is InChI=1S/C11H20N2O3/c1-10(2,9(15)16)13(4)8(14)11(3,12)7-5-6-7/h7H,5-6,12H2,1-4H3,(H,15,16). The zero-order valence-corrected chi connectivity index (χ0v) is 10.3. The van der Waals surface area contributed by atoms with Crippen LogP contribution in [0.1, 0.15) is 33.6 Å². The number of aliphatic carboxylic acids is 1. The molecule has 0 bridgehead atoms. The van der Waals surface area contributed by atoms with Crippen molar-refractivity contribution in [2.45, 2.75) is 44.7 Å². The minimum atomic E-state index is -1.23. The molecule has 92 valence electrons. The molecule has 3 N–H and O–H groups in total. The molecule has 5 nitrogen and oxygen atoms in total. The quantitative estimate of drug-likeness (QED) is 0.731. The Balaban J connectivity index is 2.85. The molecule has 1 fully saturated rings. The van der Waals surface area contributed by atoms with Crippen molar-refractivity contribution in [3.05, 3.63) is 0 Å². The lowest BCUT2D eigenvalue weighted by Gasteiger charge is -2.37. The Morgan fingerprint density at radius 1 is 1.31 bits per heavy atom. The van der Waals surface area contributed by atoms with E-state index in [1.54, 1.807) is 6.92 Å². The molecule has 0 aromatic carbocycles. The van der Waals surface area contributed by atoms with Gasteiger partial charge in [-0.15, -0.1) is 0 Å². The van der Waals surface area contributed by atoms with E-state index in [2.05, 4.69) is 0 Å². The molecule has 1 saturated carbocycles. The Morgan fingerprint density at radius 2 is 1.75 bits per heavy atom. The molecule has 0 saturated heterocycles. The SMILES string of the molecule is CN(C(=O)C(C)(N)C1CC1)C(C)(C)C(=O)O. The minimum Gasteiger partial charge on any atom is -0.480 e. The van der Waals surface area contributed by atoms with Crippen molar-refractivity contribution in [3.63, 3.8) is 0 Å². The normalized spacial score (nSPS) is 20.1. The van der Waals surface area contributed by atoms with Gasteiger partial charge in [0.2, 0.25) is 5.91 Å². The Labute approximate surface area is 95.6 Å². The second kappa shape index (κ2) is 3.73. The highest BCUT2D eigenvalue weighted by Gasteiger charge is 2.48. The van der Waals surface area contributed by atoms with Crippen molar-refractivity contribution >= 4 is 11.9 Å². The second-order valence-electron chi connectivity index (χ2n) is 5.29. The van der Waals surface area contributed by atoms with Crippen molar-refractivity contribution in [2.24, 2.45) is 11.7 Å². The molecule has 1 unspecified atom stereocenters. The first kappa shape index (κ1) is 13.0. The van der Waals surface area contributed by atoms with Gasteiger partial charge in [-0.3, -0.25) is 4.79 Å². The van der Waals surface area contributed by atoms with E-state index >= 15 is 0 Å². The molecule has 16 heavy (non-hydrogen) atoms. The van der Waals surface area contributed by atoms with Crippen molar-refractivity contribution < 1.29 is 14.7 Å². The van der Waals surface area contributed by atoms with Gasteiger partial charge in [-0.05, 0) is 39.5 Å². The van der Waals surface area contributed by atoms with Gasteiger partial charge in [0.25, 0.3) is 0 Å². The molecular formula is C11H20N2O3. The molecule has 0 aliphatic heterocycles. The maximum Gasteiger partial charge on any atom is 0.329 e. The van der Waals surface area contributed by atoms with Crippen LogP contribution in [0.2, 0.25) is 0 Å². The zero-order valence-electron chi connectivity index (χ0n) is 10.3. The highest BCUT2D eigenvalue weighted by molar-refractivity contribution is 5.91. The van der Waals surface area contributed by atoms with Gasteiger partial charge in [-0.1, -0.05) is 0 Å². The Bertz CT molecular complexity index is 319. The van der Waals surface area contributed by atoms with E-state index in [0.717, 1.165) is 12.8 Å². The average Bonchev–Trinajstić information content (AvgIpc) is 2.98. The third-order valence-corrected chi connectivity index (χ3v) is 3.55. The number of rotatable bonds is 4. The van der Waals surface area contributed by atoms with Gasteiger partial charge >= 0.3 is 5.97 Å². The maximum absolute atomic E-state index is 12.1. The van der Waals surface area contributed by atoms with Crippen LogP contribution in [0.25, 0.3) is 0 Å². The smallest absolute Gasteiger partial charge is 0.329 e. The first-order valence-corrected chi connectivity index (χ1v) is 5.42. The van der Waals surface area contributed by atoms with Crippen LogP contribution in [0, 0.1) is 5.92 Å². The van der Waals surface area contributed by atoms with Gasteiger partial charge in [0.1, 0.15) is 5.54 Å². The fourth-order valence-electron chi connectivity index (χ4n) is 1.62. The van der Waals surface area contributed by atoms with Crippen molar-refractivity contribution in [1.82, 2.24) is 4.90 Å². The fourth-order valence-corrected chi connectivity index (χ4v) is 1.62. The lowest BCUT2D eigenvalue weighted by molar-refractivity contribution is -0.157. The number of hydrogen-bond acceptors (Lipinski definition) is 3. The lowest BCUT2D eigenvalue weighted by atomic mass is 9.92. The van der Waals surface area contributed by atoms with Gasteiger partial charge in [0.05, 0.1) is 5.54 Å². The number of nitrogens with zero attached hydrogens (tertiary/aromatic N) is 1. The van der Waals surface area contributed by atoms with E-state index in [-0.39, 0.29) is 11.8 Å². The summed E-state index contributed by atoms with van der Waals surface area (Å²) in [5.74, 6) is -1.15. The van der Waals surface area contributed by atoms with E-state index < -0.39 is 17.0 Å². The molecule has 0 radical (unpaired) electrons. The monoisotopic (exact) mass is 228 g/mol. The third kappa shape index (κ3) is 2.04. The van der Waals surface area contributed by atoms with Gasteiger partial charge < -0.3 is 15.7 Å². The van der Waals surface area contributed by atoms with Crippen LogP contribution in [0.15, 0.2) is 0 Å². The zero-order chi connectivity index (χ0) is 12.7. The van der Waals surface area contributed by atoms with E-state index in [1.807, 2.05) is 0 Å². The molecule has 0 aromatic heterocycles. The summed E-state index contributed by atoms with van der Waals surface area (Å²) in [7, 11) is 1.49. The number of carboxylic acid groups (broad SMARTS) is 1. The number of hydrogen-bond donors (Lipinski definition) is 2. The Hall–Kier alpha value is -1.10. The number of carbonyl (C=O) groups excluding carboxylic acids is 1. The summed E-state index contributed by atoms with van der Waals surface area (Å²) in [5.41, 5.74) is 3.81. The van der Waals surface area contributed by atoms with Gasteiger partial charge in [0, 0.05) is 7.05 Å². The molecule has 1 aliphatic carbocycles. The van der Waals surface area contributed by atoms with Crippen molar-refractivity contribution in [3.8, 4) is 0 Å². The number of likely N-dealkylation sites (N-methyl/N-ethyl adjacent to an activating group) is 1. The van der Waals surface area contributed by atoms with Gasteiger partial charge in [0.15, 0.2) is 0 Å². The molecule has 1 atom stereocenters. The van der Waals surface area contributed by atoms with Crippen molar-refractivity contribution in [1.29, 1.82) is 0 Å². The predicted molar refractivity (Wildman–Crippen MR) is 59.8 cm³/mol. The van der Waals surface area contributed by atoms with E-state index in [1.165, 1.54) is 25.8 Å². The van der Waals surface area contributed by atoms with E-state index in [4.69, 9.17) is 10.8 Å². The summed E-state index contributed by atoms with van der Waals surface area (Å²) in [6.07, 6.45) is 1.89. The van der Waals surface area contributed by atoms with Crippen LogP contribution >= 0.6 is 0 Å². The summed E-state index contributed by atoms with van der Waals surface area (Å²) in [5, 5.41) is 9.05. The van der Waals surface area contributed by atoms with Gasteiger partial charge in [-0.2, -0.15) is 0 Å². The number of nitrogens with two attached hydrogens (primary N) is 1. The maximum atomic E-state index is 12.1. The first-order chi connectivity index (χ1) is 7.11. The Morgan fingerprint density at radius 3 is 2.06 bits per heavy atom. The first-order valence-electron chi connectivity index (χ1n) is 5.42. The summed E-state index contributed by atoms with van der Waals surface area (Å²) < 4.78 is 0. The van der Waals surface area contributed by atoms with Crippen LogP contribution in [-0.2, 0) is 9.59 Å². The molecule has 0 heterocycles. The van der Waals surface area contributed by atoms with E-state index in [9.17, 15) is 9.59 Å². The largest absolute Gasteiger partial charge is 0.480 e. The third-order valence-electron chi connectivity index (χ3n) is 3.55. The number of amides is 1. The summed E-state index contributed by atoms with van der Waals surface area (Å²) in [4.78, 5) is 24.4. The fraction of sp³-hybridized carbons (Fsp3) is 0.818. The predicted octanol–water partition coefficient (Wildman–Crippen LogP) is 0.435. The number of carboxylic acids is 1. The average molecular weight is 228 g/mol. The minimum absolute atomic E-state index is 0.187. The topological polar surface area (TPSA) is 83.6 Å². The van der Waals surface area contributed by atoms with Crippen LogP contribution < -0.4 is 5.73 Å². The molecule has 0 aromatic rings. The van der Waals surface area contributed by atoms with Crippen LogP contribution in [0.5, 0.6) is 0 Å². The molecular weight excluding hydrogens is 208 g/mol. The lowest BCUT2D eigenvalue weighted by Crippen LogP contribution is -2.61. The van der Waals surface area contributed by atoms with Crippen LogP contribution in [-0.4, -0.2) is 40.0 Å². The molecule has 1 amide bonds. The summed E-state index contributed by atoms with van der Waals surface area (Å²) >= 11 is 0. The second-order valence-corrected chi connectivity index (χ2v) is 5.29. The molecule has 1 rings (SSSR count). The highest BCUT2D eigenvalue weighted by Crippen LogP contribution is 2.39. The molecule has 0 spiro atoms. The summed E-state index contributed by atoms with van der Waals surface area (Å²) in [6.45, 7) is 4.67. The van der Waals surface area contributed by atoms with Crippen molar-refractivity contribution in [2.75, 3.05) is 7.05 Å². The van der Waals surface area contributed by atoms with Crippen LogP contribution in [0.3, 0.4) is 0 Å². The number of carbonyl (C=O) groups is 2. The van der Waals surface area contributed by atoms with E-state index in [0.29, 0.717) is 0 Å². The Kier molecular flexibility index (Phi) is 3.02. The molecule has 1 aliphatic rings. The summed E-state index contributed by atoms with van der Waals surface area (Å²) in [6, 6.07) is 0. The highest BCUT2D eigenvalue weighted by atomic mass is 16.4. The van der Waals surface area contributed by atoms with Gasteiger partial charge in [-0.25, -0.2) is 4.79 Å².